The highest BCUT2D eigenvalue weighted by Gasteiger charge is 2.39. The first-order valence-electron chi connectivity index (χ1n) is 10.6. The monoisotopic (exact) mass is 385 g/mol. The summed E-state index contributed by atoms with van der Waals surface area (Å²) >= 11 is 1.60. The van der Waals surface area contributed by atoms with Crippen molar-refractivity contribution in [3.8, 4) is 0 Å². The molecule has 1 aromatic heterocycles. The predicted molar refractivity (Wildman–Crippen MR) is 114 cm³/mol. The van der Waals surface area contributed by atoms with Gasteiger partial charge < -0.3 is 4.57 Å². The van der Waals surface area contributed by atoms with Crippen LogP contribution in [0.1, 0.15) is 75.6 Å². The molecule has 0 aromatic carbocycles. The summed E-state index contributed by atoms with van der Waals surface area (Å²) in [5.41, 5.74) is 2.29. The van der Waals surface area contributed by atoms with Crippen molar-refractivity contribution in [3.63, 3.8) is 0 Å². The van der Waals surface area contributed by atoms with E-state index in [2.05, 4.69) is 41.6 Å². The van der Waals surface area contributed by atoms with E-state index in [-0.39, 0.29) is 5.91 Å². The first-order valence-corrected chi connectivity index (χ1v) is 11.4. The molecule has 5 heteroatoms. The van der Waals surface area contributed by atoms with Crippen LogP contribution in [0, 0.1) is 6.92 Å². The minimum Gasteiger partial charge on any atom is -0.348 e. The second kappa shape index (κ2) is 8.26. The Labute approximate surface area is 167 Å². The summed E-state index contributed by atoms with van der Waals surface area (Å²) in [6.07, 6.45) is 14.3. The van der Waals surface area contributed by atoms with Crippen molar-refractivity contribution >= 4 is 28.9 Å². The Morgan fingerprint density at radius 2 is 1.70 bits per heavy atom. The van der Waals surface area contributed by atoms with Crippen molar-refractivity contribution in [2.24, 2.45) is 12.0 Å². The molecule has 1 amide bonds. The molecule has 1 saturated heterocycles. The second-order valence-corrected chi connectivity index (χ2v) is 9.25. The summed E-state index contributed by atoms with van der Waals surface area (Å²) in [6, 6.07) is 4.93. The Hall–Kier alpha value is -1.49. The van der Waals surface area contributed by atoms with Crippen molar-refractivity contribution in [2.45, 2.75) is 83.2 Å². The van der Waals surface area contributed by atoms with Gasteiger partial charge in [0.15, 0.2) is 5.17 Å². The number of carbonyl (C=O) groups is 1. The van der Waals surface area contributed by atoms with Crippen LogP contribution >= 0.6 is 11.8 Å². The summed E-state index contributed by atoms with van der Waals surface area (Å²) in [7, 11) is 2.06. The number of aliphatic imine (C=N–C) groups is 1. The average molecular weight is 386 g/mol. The number of amides is 1. The molecule has 0 radical (unpaired) electrons. The number of aryl methyl sites for hydroxylation is 1. The number of rotatable bonds is 3. The van der Waals surface area contributed by atoms with Crippen LogP contribution in [0.25, 0.3) is 6.08 Å². The molecular formula is C22H31N3OS. The van der Waals surface area contributed by atoms with E-state index in [4.69, 9.17) is 4.99 Å². The van der Waals surface area contributed by atoms with Gasteiger partial charge in [-0.2, -0.15) is 0 Å². The summed E-state index contributed by atoms with van der Waals surface area (Å²) in [5.74, 6) is 0.167. The van der Waals surface area contributed by atoms with E-state index in [1.807, 2.05) is 0 Å². The number of carbonyl (C=O) groups excluding carboxylic acids is 1. The fourth-order valence-electron chi connectivity index (χ4n) is 4.52. The zero-order valence-electron chi connectivity index (χ0n) is 16.6. The number of hydrogen-bond donors (Lipinski definition) is 0. The lowest BCUT2D eigenvalue weighted by Crippen LogP contribution is -2.41. The van der Waals surface area contributed by atoms with Crippen molar-refractivity contribution in [3.05, 3.63) is 28.4 Å². The van der Waals surface area contributed by atoms with Gasteiger partial charge in [-0.3, -0.25) is 14.7 Å². The molecule has 0 bridgehead atoms. The Bertz CT molecular complexity index is 752. The van der Waals surface area contributed by atoms with Crippen molar-refractivity contribution in [2.75, 3.05) is 0 Å². The maximum absolute atomic E-state index is 13.3. The summed E-state index contributed by atoms with van der Waals surface area (Å²) in [6.45, 7) is 2.09. The lowest BCUT2D eigenvalue weighted by atomic mass is 9.94. The van der Waals surface area contributed by atoms with Gasteiger partial charge in [0.2, 0.25) is 0 Å². The highest BCUT2D eigenvalue weighted by Crippen LogP contribution is 2.38. The van der Waals surface area contributed by atoms with E-state index in [0.29, 0.717) is 12.1 Å². The molecule has 4 nitrogen and oxygen atoms in total. The summed E-state index contributed by atoms with van der Waals surface area (Å²) in [5, 5.41) is 0.969. The minimum atomic E-state index is 0.167. The number of thioether (sulfide) groups is 1. The third-order valence-electron chi connectivity index (χ3n) is 6.34. The molecule has 2 saturated carbocycles. The van der Waals surface area contributed by atoms with Gasteiger partial charge in [-0.25, -0.2) is 0 Å². The van der Waals surface area contributed by atoms with Crippen LogP contribution in [0.5, 0.6) is 0 Å². The molecule has 0 unspecified atom stereocenters. The van der Waals surface area contributed by atoms with Crippen molar-refractivity contribution < 1.29 is 4.79 Å². The van der Waals surface area contributed by atoms with Crippen LogP contribution in [0.4, 0.5) is 0 Å². The highest BCUT2D eigenvalue weighted by atomic mass is 32.2. The fraction of sp³-hybridized carbons (Fsp3) is 0.636. The molecule has 146 valence electrons. The van der Waals surface area contributed by atoms with Crippen molar-refractivity contribution in [1.29, 1.82) is 0 Å². The maximum Gasteiger partial charge on any atom is 0.267 e. The standard InChI is InChI=1S/C22H31N3OS/c1-16-13-14-19(24(16)2)15-20-21(26)25(18-11-7-4-8-12-18)22(27-20)23-17-9-5-3-6-10-17/h13-15,17-18H,3-12H2,1-2H3/b20-15-,23-22?. The van der Waals surface area contributed by atoms with E-state index < -0.39 is 0 Å². The summed E-state index contributed by atoms with van der Waals surface area (Å²) in [4.78, 5) is 21.3. The first-order chi connectivity index (χ1) is 13.1. The van der Waals surface area contributed by atoms with Gasteiger partial charge in [0.1, 0.15) is 0 Å². The molecule has 1 aromatic rings. The van der Waals surface area contributed by atoms with Gasteiger partial charge in [0.05, 0.1) is 10.9 Å². The number of amidine groups is 1. The second-order valence-electron chi connectivity index (χ2n) is 8.24. The highest BCUT2D eigenvalue weighted by molar-refractivity contribution is 8.18. The molecule has 0 N–H and O–H groups in total. The zero-order valence-corrected chi connectivity index (χ0v) is 17.4. The Morgan fingerprint density at radius 1 is 1.04 bits per heavy atom. The third-order valence-corrected chi connectivity index (χ3v) is 7.33. The smallest absolute Gasteiger partial charge is 0.267 e. The predicted octanol–water partition coefficient (Wildman–Crippen LogP) is 5.27. The third kappa shape index (κ3) is 4.03. The van der Waals surface area contributed by atoms with E-state index in [1.165, 1.54) is 57.1 Å². The van der Waals surface area contributed by atoms with Crippen LogP contribution in [-0.4, -0.2) is 32.6 Å². The van der Waals surface area contributed by atoms with Gasteiger partial charge in [-0.15, -0.1) is 0 Å². The minimum absolute atomic E-state index is 0.167. The molecular weight excluding hydrogens is 354 g/mol. The molecule has 3 aliphatic rings. The van der Waals surface area contributed by atoms with Crippen LogP contribution in [0.3, 0.4) is 0 Å². The zero-order chi connectivity index (χ0) is 18.8. The van der Waals surface area contributed by atoms with Crippen molar-refractivity contribution in [1.82, 2.24) is 9.47 Å². The molecule has 1 aliphatic heterocycles. The van der Waals surface area contributed by atoms with Crippen LogP contribution in [0.2, 0.25) is 0 Å². The molecule has 2 heterocycles. The molecule has 0 atom stereocenters. The molecule has 0 spiro atoms. The normalized spacial score (nSPS) is 25.9. The van der Waals surface area contributed by atoms with Gasteiger partial charge in [-0.05, 0) is 62.6 Å². The number of aromatic nitrogens is 1. The molecule has 2 aliphatic carbocycles. The Balaban J connectivity index is 1.64. The summed E-state index contributed by atoms with van der Waals surface area (Å²) < 4.78 is 2.14. The van der Waals surface area contributed by atoms with Crippen LogP contribution in [-0.2, 0) is 11.8 Å². The average Bonchev–Trinajstić information content (AvgIpc) is 3.17. The van der Waals surface area contributed by atoms with E-state index in [9.17, 15) is 4.79 Å². The number of nitrogens with zero attached hydrogens (tertiary/aromatic N) is 3. The lowest BCUT2D eigenvalue weighted by Gasteiger charge is -2.31. The van der Waals surface area contributed by atoms with Gasteiger partial charge in [0, 0.05) is 24.5 Å². The van der Waals surface area contributed by atoms with Gasteiger partial charge >= 0.3 is 0 Å². The number of hydrogen-bond acceptors (Lipinski definition) is 3. The molecule has 4 rings (SSSR count). The van der Waals surface area contributed by atoms with Gasteiger partial charge in [-0.1, -0.05) is 38.5 Å². The van der Waals surface area contributed by atoms with E-state index >= 15 is 0 Å². The van der Waals surface area contributed by atoms with Crippen LogP contribution < -0.4 is 0 Å². The first kappa shape index (κ1) is 18.9. The molecule has 3 fully saturated rings. The van der Waals surface area contributed by atoms with E-state index in [1.54, 1.807) is 11.8 Å². The quantitative estimate of drug-likeness (QED) is 0.665. The maximum atomic E-state index is 13.3. The fourth-order valence-corrected chi connectivity index (χ4v) is 5.61. The Kier molecular flexibility index (Phi) is 5.76. The SMILES string of the molecule is Cc1ccc(/C=C2\SC(=NC3CCCCC3)N(C3CCCCC3)C2=O)n1C. The van der Waals surface area contributed by atoms with E-state index in [0.717, 1.165) is 28.6 Å². The molecule has 27 heavy (non-hydrogen) atoms. The topological polar surface area (TPSA) is 37.6 Å². The van der Waals surface area contributed by atoms with Crippen LogP contribution in [0.15, 0.2) is 22.0 Å². The lowest BCUT2D eigenvalue weighted by molar-refractivity contribution is -0.124. The van der Waals surface area contributed by atoms with Gasteiger partial charge in [0.25, 0.3) is 5.91 Å². The largest absolute Gasteiger partial charge is 0.348 e. The Morgan fingerprint density at radius 3 is 2.33 bits per heavy atom.